The SMILES string of the molecule is CN1C(=N)N[C@](C)(c2ccc3nn(CC4CCCCC4)cc3c2)CC1=O. The number of rotatable bonds is 3. The molecular weight excluding hydrogens is 326 g/mol. The Labute approximate surface area is 154 Å². The first-order valence-corrected chi connectivity index (χ1v) is 9.56. The number of hydrogen-bond donors (Lipinski definition) is 2. The van der Waals surface area contributed by atoms with E-state index in [4.69, 9.17) is 10.5 Å². The minimum Gasteiger partial charge on any atom is -0.346 e. The van der Waals surface area contributed by atoms with Gasteiger partial charge in [-0.25, -0.2) is 0 Å². The summed E-state index contributed by atoms with van der Waals surface area (Å²) in [6.07, 6.45) is 9.13. The van der Waals surface area contributed by atoms with E-state index in [9.17, 15) is 4.79 Å². The highest BCUT2D eigenvalue weighted by atomic mass is 16.2. The average molecular weight is 353 g/mol. The number of carbonyl (C=O) groups excluding carboxylic acids is 1. The van der Waals surface area contributed by atoms with Crippen LogP contribution >= 0.6 is 0 Å². The van der Waals surface area contributed by atoms with Gasteiger partial charge in [0.05, 0.1) is 17.5 Å². The third kappa shape index (κ3) is 3.08. The lowest BCUT2D eigenvalue weighted by atomic mass is 9.86. The van der Waals surface area contributed by atoms with E-state index >= 15 is 0 Å². The molecule has 1 atom stereocenters. The predicted molar refractivity (Wildman–Crippen MR) is 102 cm³/mol. The maximum absolute atomic E-state index is 12.2. The molecule has 0 bridgehead atoms. The molecule has 138 valence electrons. The molecule has 1 aliphatic carbocycles. The molecule has 0 unspecified atom stereocenters. The molecule has 2 fully saturated rings. The van der Waals surface area contributed by atoms with Gasteiger partial charge in [-0.1, -0.05) is 25.3 Å². The van der Waals surface area contributed by atoms with Crippen LogP contribution in [0.4, 0.5) is 0 Å². The van der Waals surface area contributed by atoms with E-state index < -0.39 is 5.54 Å². The monoisotopic (exact) mass is 353 g/mol. The van der Waals surface area contributed by atoms with Crippen LogP contribution in [0.2, 0.25) is 0 Å². The summed E-state index contributed by atoms with van der Waals surface area (Å²) in [5.41, 5.74) is 1.45. The Kier molecular flexibility index (Phi) is 4.21. The van der Waals surface area contributed by atoms with Gasteiger partial charge >= 0.3 is 0 Å². The second-order valence-corrected chi connectivity index (χ2v) is 8.06. The predicted octanol–water partition coefficient (Wildman–Crippen LogP) is 3.22. The fourth-order valence-corrected chi connectivity index (χ4v) is 4.26. The fraction of sp³-hybridized carbons (Fsp3) is 0.550. The first-order valence-electron chi connectivity index (χ1n) is 9.56. The van der Waals surface area contributed by atoms with Crippen LogP contribution in [0.3, 0.4) is 0 Å². The quantitative estimate of drug-likeness (QED) is 0.890. The number of guanidine groups is 1. The largest absolute Gasteiger partial charge is 0.346 e. The van der Waals surface area contributed by atoms with Crippen LogP contribution in [0.1, 0.15) is 51.0 Å². The maximum atomic E-state index is 12.2. The van der Waals surface area contributed by atoms with Crippen molar-refractivity contribution in [3.8, 4) is 0 Å². The van der Waals surface area contributed by atoms with Crippen LogP contribution in [-0.2, 0) is 16.9 Å². The van der Waals surface area contributed by atoms with Crippen molar-refractivity contribution in [2.24, 2.45) is 5.92 Å². The van der Waals surface area contributed by atoms with Crippen molar-refractivity contribution in [3.05, 3.63) is 30.0 Å². The zero-order valence-corrected chi connectivity index (χ0v) is 15.6. The molecule has 6 heteroatoms. The molecule has 0 spiro atoms. The number of aromatic nitrogens is 2. The molecule has 0 radical (unpaired) electrons. The molecule has 1 aliphatic heterocycles. The van der Waals surface area contributed by atoms with E-state index in [1.807, 2.05) is 19.1 Å². The maximum Gasteiger partial charge on any atom is 0.231 e. The summed E-state index contributed by atoms with van der Waals surface area (Å²) < 4.78 is 2.09. The zero-order valence-electron chi connectivity index (χ0n) is 15.6. The molecule has 26 heavy (non-hydrogen) atoms. The van der Waals surface area contributed by atoms with Gasteiger partial charge in [-0.15, -0.1) is 0 Å². The van der Waals surface area contributed by atoms with Crippen molar-refractivity contribution in [2.75, 3.05) is 7.05 Å². The molecule has 1 saturated carbocycles. The smallest absolute Gasteiger partial charge is 0.231 e. The number of hydrogen-bond acceptors (Lipinski definition) is 3. The van der Waals surface area contributed by atoms with Crippen molar-refractivity contribution >= 4 is 22.8 Å². The highest BCUT2D eigenvalue weighted by molar-refractivity contribution is 5.99. The van der Waals surface area contributed by atoms with Crippen LogP contribution in [-0.4, -0.2) is 33.6 Å². The molecule has 6 nitrogen and oxygen atoms in total. The topological polar surface area (TPSA) is 74.0 Å². The first kappa shape index (κ1) is 17.1. The van der Waals surface area contributed by atoms with E-state index in [1.165, 1.54) is 37.0 Å². The van der Waals surface area contributed by atoms with Gasteiger partial charge in [0.1, 0.15) is 0 Å². The van der Waals surface area contributed by atoms with Crippen molar-refractivity contribution in [2.45, 2.75) is 57.5 Å². The zero-order chi connectivity index (χ0) is 18.3. The standard InChI is InChI=1S/C20H27N5O/c1-20(11-18(26)24(2)19(21)22-20)16-8-9-17-15(10-16)13-25(23-17)12-14-6-4-3-5-7-14/h8-10,13-14H,3-7,11-12H2,1-2H3,(H2,21,22)/t20-/m0/s1. The molecule has 2 aliphatic rings. The molecule has 4 rings (SSSR count). The summed E-state index contributed by atoms with van der Waals surface area (Å²) in [4.78, 5) is 13.6. The Hall–Kier alpha value is -2.37. The van der Waals surface area contributed by atoms with Crippen molar-refractivity contribution < 1.29 is 4.79 Å². The van der Waals surface area contributed by atoms with Crippen molar-refractivity contribution in [1.82, 2.24) is 20.0 Å². The molecule has 2 heterocycles. The molecule has 2 N–H and O–H groups in total. The average Bonchev–Trinajstić information content (AvgIpc) is 3.02. The number of nitrogens with one attached hydrogen (secondary N) is 2. The first-order chi connectivity index (χ1) is 12.4. The number of fused-ring (bicyclic) bond motifs is 1. The fourth-order valence-electron chi connectivity index (χ4n) is 4.26. The van der Waals surface area contributed by atoms with Gasteiger partial charge in [0.25, 0.3) is 0 Å². The summed E-state index contributed by atoms with van der Waals surface area (Å²) in [6.45, 7) is 2.98. The van der Waals surface area contributed by atoms with E-state index in [0.717, 1.165) is 28.9 Å². The Morgan fingerprint density at radius 1 is 1.31 bits per heavy atom. The van der Waals surface area contributed by atoms with Gasteiger partial charge in [0.2, 0.25) is 5.91 Å². The van der Waals surface area contributed by atoms with E-state index in [2.05, 4.69) is 22.3 Å². The highest BCUT2D eigenvalue weighted by Gasteiger charge is 2.38. The van der Waals surface area contributed by atoms with E-state index in [0.29, 0.717) is 6.42 Å². The Balaban J connectivity index is 1.59. The third-order valence-corrected chi connectivity index (χ3v) is 5.97. The number of nitrogens with zero attached hydrogens (tertiary/aromatic N) is 3. The van der Waals surface area contributed by atoms with Gasteiger partial charge in [0.15, 0.2) is 5.96 Å². The molecule has 1 aromatic heterocycles. The second-order valence-electron chi connectivity index (χ2n) is 8.06. The lowest BCUT2D eigenvalue weighted by Crippen LogP contribution is -2.58. The molecular formula is C20H27N5O. The van der Waals surface area contributed by atoms with Crippen molar-refractivity contribution in [1.29, 1.82) is 5.41 Å². The minimum absolute atomic E-state index is 0.0376. The summed E-state index contributed by atoms with van der Waals surface area (Å²) in [5.74, 6) is 0.852. The van der Waals surface area contributed by atoms with Gasteiger partial charge in [-0.05, 0) is 43.4 Å². The van der Waals surface area contributed by atoms with Gasteiger partial charge < -0.3 is 5.32 Å². The van der Waals surface area contributed by atoms with Crippen molar-refractivity contribution in [3.63, 3.8) is 0 Å². The number of benzene rings is 1. The van der Waals surface area contributed by atoms with Gasteiger partial charge in [-0.2, -0.15) is 5.10 Å². The normalized spacial score (nSPS) is 24.9. The Morgan fingerprint density at radius 2 is 2.08 bits per heavy atom. The molecule has 1 amide bonds. The number of amides is 1. The lowest BCUT2D eigenvalue weighted by molar-refractivity contribution is -0.129. The minimum atomic E-state index is -0.555. The third-order valence-electron chi connectivity index (χ3n) is 5.97. The molecule has 2 aromatic rings. The Bertz CT molecular complexity index is 831. The second kappa shape index (κ2) is 6.41. The summed E-state index contributed by atoms with van der Waals surface area (Å²) in [5, 5.41) is 17.0. The highest BCUT2D eigenvalue weighted by Crippen LogP contribution is 2.31. The summed E-state index contributed by atoms with van der Waals surface area (Å²) in [6, 6.07) is 6.17. The van der Waals surface area contributed by atoms with Gasteiger partial charge in [-0.3, -0.25) is 19.8 Å². The Morgan fingerprint density at radius 3 is 2.81 bits per heavy atom. The van der Waals surface area contributed by atoms with E-state index in [1.54, 1.807) is 7.05 Å². The van der Waals surface area contributed by atoms with Crippen LogP contribution < -0.4 is 5.32 Å². The number of carbonyl (C=O) groups is 1. The lowest BCUT2D eigenvalue weighted by Gasteiger charge is -2.39. The summed E-state index contributed by atoms with van der Waals surface area (Å²) in [7, 11) is 1.63. The van der Waals surface area contributed by atoms with Gasteiger partial charge in [0, 0.05) is 25.2 Å². The van der Waals surface area contributed by atoms with Crippen LogP contribution in [0, 0.1) is 11.3 Å². The van der Waals surface area contributed by atoms with Crippen LogP contribution in [0.15, 0.2) is 24.4 Å². The summed E-state index contributed by atoms with van der Waals surface area (Å²) >= 11 is 0. The van der Waals surface area contributed by atoms with Crippen LogP contribution in [0.5, 0.6) is 0 Å². The molecule has 1 aromatic carbocycles. The molecule has 1 saturated heterocycles. The van der Waals surface area contributed by atoms with E-state index in [-0.39, 0.29) is 11.9 Å². The van der Waals surface area contributed by atoms with Crippen LogP contribution in [0.25, 0.3) is 10.9 Å².